The monoisotopic (exact) mass is 552 g/mol. The molecular weight excluding hydrogens is 525 g/mol. The van der Waals surface area contributed by atoms with Gasteiger partial charge in [-0.3, -0.25) is 4.79 Å². The number of nitrogens with zero attached hydrogens (tertiary/aromatic N) is 8. The van der Waals surface area contributed by atoms with Crippen molar-refractivity contribution in [1.29, 1.82) is 0 Å². The van der Waals surface area contributed by atoms with Gasteiger partial charge in [-0.1, -0.05) is 12.1 Å². The highest BCUT2D eigenvalue weighted by Crippen LogP contribution is 2.29. The molecule has 4 aromatic rings. The van der Waals surface area contributed by atoms with E-state index in [0.29, 0.717) is 37.9 Å². The fraction of sp³-hybridized carbons (Fsp3) is 0.370. The van der Waals surface area contributed by atoms with Crippen molar-refractivity contribution in [2.24, 2.45) is 0 Å². The summed E-state index contributed by atoms with van der Waals surface area (Å²) in [6.07, 6.45) is -2.85. The Morgan fingerprint density at radius 1 is 0.875 bits per heavy atom. The van der Waals surface area contributed by atoms with Gasteiger partial charge in [-0.15, -0.1) is 5.10 Å². The third kappa shape index (κ3) is 5.04. The van der Waals surface area contributed by atoms with Gasteiger partial charge in [0, 0.05) is 56.7 Å². The Bertz CT molecular complexity index is 1530. The zero-order valence-corrected chi connectivity index (χ0v) is 21.8. The van der Waals surface area contributed by atoms with Crippen LogP contribution < -0.4 is 9.80 Å². The van der Waals surface area contributed by atoms with E-state index in [0.717, 1.165) is 49.3 Å². The summed E-state index contributed by atoms with van der Waals surface area (Å²) in [6, 6.07) is 12.2. The average Bonchev–Trinajstić information content (AvgIpc) is 3.42. The predicted octanol–water partition coefficient (Wildman–Crippen LogP) is 3.31. The topological polar surface area (TPSA) is 92.0 Å². The number of carbonyl (C=O) groups is 1. The first kappa shape index (κ1) is 26.0. The normalized spacial score (nSPS) is 16.6. The summed E-state index contributed by atoms with van der Waals surface area (Å²) >= 11 is 0. The van der Waals surface area contributed by atoms with Crippen LogP contribution in [0, 0.1) is 6.92 Å². The molecule has 0 radical (unpaired) electrons. The first-order valence-electron chi connectivity index (χ1n) is 13.0. The number of piperazine rings is 1. The number of benzene rings is 1. The molecular formula is C27H27F3N8O2. The molecule has 0 N–H and O–H groups in total. The van der Waals surface area contributed by atoms with Crippen molar-refractivity contribution in [3.8, 4) is 11.3 Å². The van der Waals surface area contributed by atoms with Crippen molar-refractivity contribution < 1.29 is 22.7 Å². The fourth-order valence-electron chi connectivity index (χ4n) is 5.03. The fourth-order valence-corrected chi connectivity index (χ4v) is 5.03. The Morgan fingerprint density at radius 2 is 1.60 bits per heavy atom. The molecule has 13 heteroatoms. The Kier molecular flexibility index (Phi) is 6.74. The van der Waals surface area contributed by atoms with Gasteiger partial charge >= 0.3 is 6.18 Å². The minimum Gasteiger partial charge on any atom is -0.378 e. The van der Waals surface area contributed by atoms with Gasteiger partial charge < -0.3 is 19.4 Å². The lowest BCUT2D eigenvalue weighted by molar-refractivity contribution is -0.141. The smallest absolute Gasteiger partial charge is 0.378 e. The standard InChI is InChI=1S/C27H27F3N8O2/c1-18-21(6-7-23(32-18)27(28,29)30)24(39)36-10-12-37(13-11-36)26-33-25-31-9-8-22(38(25)34-26)19-2-4-20(5-3-19)35-14-16-40-17-15-35/h2-9H,10-17H2,1H3. The van der Waals surface area contributed by atoms with Gasteiger partial charge in [0.25, 0.3) is 11.7 Å². The average molecular weight is 553 g/mol. The number of hydrogen-bond acceptors (Lipinski definition) is 8. The van der Waals surface area contributed by atoms with Gasteiger partial charge in [-0.2, -0.15) is 22.7 Å². The van der Waals surface area contributed by atoms with E-state index in [1.165, 1.54) is 13.0 Å². The van der Waals surface area contributed by atoms with Gasteiger partial charge in [-0.25, -0.2) is 9.97 Å². The minimum absolute atomic E-state index is 0.0563. The van der Waals surface area contributed by atoms with E-state index >= 15 is 0 Å². The summed E-state index contributed by atoms with van der Waals surface area (Å²) in [5.41, 5.74) is 2.20. The van der Waals surface area contributed by atoms with Crippen LogP contribution in [0.2, 0.25) is 0 Å². The highest BCUT2D eigenvalue weighted by atomic mass is 19.4. The second-order valence-electron chi connectivity index (χ2n) is 9.71. The van der Waals surface area contributed by atoms with Crippen LogP contribution >= 0.6 is 0 Å². The summed E-state index contributed by atoms with van der Waals surface area (Å²) in [6.45, 7) is 6.29. The predicted molar refractivity (Wildman–Crippen MR) is 141 cm³/mol. The van der Waals surface area contributed by atoms with Gasteiger partial charge in [-0.05, 0) is 37.3 Å². The van der Waals surface area contributed by atoms with Crippen LogP contribution in [0.1, 0.15) is 21.7 Å². The molecule has 208 valence electrons. The number of ether oxygens (including phenoxy) is 1. The second-order valence-corrected chi connectivity index (χ2v) is 9.71. The third-order valence-corrected chi connectivity index (χ3v) is 7.23. The van der Waals surface area contributed by atoms with E-state index in [1.807, 2.05) is 11.0 Å². The van der Waals surface area contributed by atoms with E-state index < -0.39 is 11.9 Å². The molecule has 6 rings (SSSR count). The molecule has 2 aliphatic heterocycles. The molecule has 3 aromatic heterocycles. The van der Waals surface area contributed by atoms with Crippen LogP contribution in [0.3, 0.4) is 0 Å². The molecule has 2 saturated heterocycles. The molecule has 10 nitrogen and oxygen atoms in total. The van der Waals surface area contributed by atoms with Gasteiger partial charge in [0.05, 0.1) is 30.2 Å². The Morgan fingerprint density at radius 3 is 2.27 bits per heavy atom. The van der Waals surface area contributed by atoms with Crippen molar-refractivity contribution in [3.63, 3.8) is 0 Å². The minimum atomic E-state index is -4.56. The van der Waals surface area contributed by atoms with Crippen LogP contribution in [-0.4, -0.2) is 87.9 Å². The SMILES string of the molecule is Cc1nc(C(F)(F)F)ccc1C(=O)N1CCN(c2nc3nccc(-c4ccc(N5CCOCC5)cc4)n3n2)CC1. The largest absolute Gasteiger partial charge is 0.433 e. The second kappa shape index (κ2) is 10.4. The molecule has 40 heavy (non-hydrogen) atoms. The third-order valence-electron chi connectivity index (χ3n) is 7.23. The van der Waals surface area contributed by atoms with Crippen molar-refractivity contribution in [2.75, 3.05) is 62.3 Å². The Labute approximate surface area is 228 Å². The molecule has 0 aliphatic carbocycles. The summed E-state index contributed by atoms with van der Waals surface area (Å²) in [5.74, 6) is 0.630. The number of aryl methyl sites for hydroxylation is 1. The summed E-state index contributed by atoms with van der Waals surface area (Å²) < 4.78 is 46.0. The van der Waals surface area contributed by atoms with Gasteiger partial charge in [0.2, 0.25) is 5.95 Å². The zero-order valence-electron chi connectivity index (χ0n) is 21.8. The summed E-state index contributed by atoms with van der Waals surface area (Å²) in [4.78, 5) is 31.5. The van der Waals surface area contributed by atoms with Crippen LogP contribution in [0.15, 0.2) is 48.7 Å². The quantitative estimate of drug-likeness (QED) is 0.381. The number of pyridine rings is 1. The molecule has 0 spiro atoms. The molecule has 0 unspecified atom stereocenters. The number of rotatable bonds is 4. The van der Waals surface area contributed by atoms with Crippen molar-refractivity contribution in [2.45, 2.75) is 13.1 Å². The molecule has 5 heterocycles. The number of carbonyl (C=O) groups excluding carboxylic acids is 1. The summed E-state index contributed by atoms with van der Waals surface area (Å²) in [5, 5.41) is 4.72. The number of hydrogen-bond donors (Lipinski definition) is 0. The molecule has 0 bridgehead atoms. The van der Waals surface area contributed by atoms with Crippen LogP contribution in [0.25, 0.3) is 17.0 Å². The van der Waals surface area contributed by atoms with Crippen LogP contribution in [0.5, 0.6) is 0 Å². The van der Waals surface area contributed by atoms with Gasteiger partial charge in [0.15, 0.2) is 0 Å². The first-order valence-corrected chi connectivity index (χ1v) is 13.0. The number of fused-ring (bicyclic) bond motifs is 1. The highest BCUT2D eigenvalue weighted by molar-refractivity contribution is 5.95. The van der Waals surface area contributed by atoms with Gasteiger partial charge in [0.1, 0.15) is 5.69 Å². The lowest BCUT2D eigenvalue weighted by Crippen LogP contribution is -2.49. The maximum absolute atomic E-state index is 13.0. The summed E-state index contributed by atoms with van der Waals surface area (Å²) in [7, 11) is 0. The molecule has 0 atom stereocenters. The number of morpholine rings is 1. The van der Waals surface area contributed by atoms with Crippen molar-refractivity contribution >= 4 is 23.3 Å². The molecule has 0 saturated carbocycles. The number of amides is 1. The van der Waals surface area contributed by atoms with Crippen molar-refractivity contribution in [3.05, 3.63) is 65.6 Å². The molecule has 2 fully saturated rings. The van der Waals surface area contributed by atoms with Crippen LogP contribution in [-0.2, 0) is 10.9 Å². The molecule has 2 aliphatic rings. The zero-order chi connectivity index (χ0) is 27.9. The highest BCUT2D eigenvalue weighted by Gasteiger charge is 2.34. The van der Waals surface area contributed by atoms with E-state index in [4.69, 9.17) is 9.84 Å². The van der Waals surface area contributed by atoms with E-state index in [9.17, 15) is 18.0 Å². The maximum Gasteiger partial charge on any atom is 0.433 e. The maximum atomic E-state index is 13.0. The lowest BCUT2D eigenvalue weighted by Gasteiger charge is -2.34. The first-order chi connectivity index (χ1) is 19.3. The van der Waals surface area contributed by atoms with Crippen LogP contribution in [0.4, 0.5) is 24.8 Å². The number of anilines is 2. The molecule has 1 aromatic carbocycles. The van der Waals surface area contributed by atoms with Crippen molar-refractivity contribution in [1.82, 2.24) is 29.5 Å². The van der Waals surface area contributed by atoms with E-state index in [-0.39, 0.29) is 17.2 Å². The van der Waals surface area contributed by atoms with E-state index in [2.05, 4.69) is 44.1 Å². The number of aromatic nitrogens is 5. The Hall–Kier alpha value is -4.26. The lowest BCUT2D eigenvalue weighted by atomic mass is 10.1. The van der Waals surface area contributed by atoms with E-state index in [1.54, 1.807) is 15.6 Å². The molecule has 1 amide bonds. The number of alkyl halides is 3. The Balaban J connectivity index is 1.16. The number of halogens is 3.